The van der Waals surface area contributed by atoms with Gasteiger partial charge in [-0.3, -0.25) is 4.79 Å². The fourth-order valence-electron chi connectivity index (χ4n) is 4.79. The van der Waals surface area contributed by atoms with E-state index >= 15 is 0 Å². The van der Waals surface area contributed by atoms with Gasteiger partial charge in [-0.1, -0.05) is 38.5 Å². The van der Waals surface area contributed by atoms with Gasteiger partial charge in [-0.15, -0.1) is 0 Å². The zero-order chi connectivity index (χ0) is 19.2. The number of hydrogen-bond donors (Lipinski definition) is 1. The maximum Gasteiger partial charge on any atom is 0.239 e. The quantitative estimate of drug-likeness (QED) is 0.836. The van der Waals surface area contributed by atoms with Crippen LogP contribution >= 0.6 is 0 Å². The van der Waals surface area contributed by atoms with E-state index in [2.05, 4.69) is 36.9 Å². The molecule has 1 amide bonds. The lowest BCUT2D eigenvalue weighted by Crippen LogP contribution is -2.52. The number of nitrogens with zero attached hydrogens (tertiary/aromatic N) is 2. The summed E-state index contributed by atoms with van der Waals surface area (Å²) in [6, 6.07) is 6.84. The van der Waals surface area contributed by atoms with Gasteiger partial charge >= 0.3 is 0 Å². The van der Waals surface area contributed by atoms with Crippen LogP contribution in [0.1, 0.15) is 62.6 Å². The summed E-state index contributed by atoms with van der Waals surface area (Å²) in [4.78, 5) is 17.5. The molecule has 0 radical (unpaired) electrons. The normalized spacial score (nSPS) is 20.6. The molecule has 1 unspecified atom stereocenters. The van der Waals surface area contributed by atoms with E-state index in [1.165, 1.54) is 49.0 Å². The molecule has 0 aliphatic carbocycles. The number of carbonyl (C=O) groups excluding carboxylic acids is 1. The molecule has 2 N–H and O–H groups in total. The average molecular weight is 372 g/mol. The molecule has 150 valence electrons. The molecule has 4 heteroatoms. The highest BCUT2D eigenvalue weighted by Crippen LogP contribution is 2.22. The summed E-state index contributed by atoms with van der Waals surface area (Å²) in [6.45, 7) is 8.59. The van der Waals surface area contributed by atoms with E-state index in [1.54, 1.807) is 0 Å². The van der Waals surface area contributed by atoms with E-state index < -0.39 is 6.04 Å². The Morgan fingerprint density at radius 2 is 1.70 bits per heavy atom. The molecule has 1 atom stereocenters. The lowest BCUT2D eigenvalue weighted by atomic mass is 9.96. The van der Waals surface area contributed by atoms with Gasteiger partial charge in [0.05, 0.1) is 6.04 Å². The monoisotopic (exact) mass is 371 g/mol. The Bertz CT molecular complexity index is 616. The number of hydrogen-bond acceptors (Lipinski definition) is 3. The molecule has 2 aliphatic rings. The highest BCUT2D eigenvalue weighted by molar-refractivity contribution is 5.82. The fourth-order valence-corrected chi connectivity index (χ4v) is 4.79. The van der Waals surface area contributed by atoms with Gasteiger partial charge in [0.1, 0.15) is 0 Å². The molecule has 1 aromatic rings. The van der Waals surface area contributed by atoms with E-state index in [9.17, 15) is 4.79 Å². The van der Waals surface area contributed by atoms with Gasteiger partial charge in [-0.25, -0.2) is 0 Å². The minimum Gasteiger partial charge on any atom is -0.341 e. The van der Waals surface area contributed by atoms with Crippen LogP contribution in [0.15, 0.2) is 18.2 Å². The van der Waals surface area contributed by atoms with Crippen LogP contribution in [0.4, 0.5) is 0 Å². The van der Waals surface area contributed by atoms with Crippen LogP contribution in [0.25, 0.3) is 0 Å². The lowest BCUT2D eigenvalue weighted by Gasteiger charge is -2.40. The van der Waals surface area contributed by atoms with Gasteiger partial charge in [0.25, 0.3) is 0 Å². The first kappa shape index (κ1) is 20.3. The van der Waals surface area contributed by atoms with E-state index in [1.807, 2.05) is 4.90 Å². The number of aryl methyl sites for hydroxylation is 2. The summed E-state index contributed by atoms with van der Waals surface area (Å²) in [5.74, 6) is 0.129. The largest absolute Gasteiger partial charge is 0.341 e. The molecular formula is C23H37N3O. The number of nitrogens with two attached hydrogens (primary N) is 1. The molecular weight excluding hydrogens is 334 g/mol. The van der Waals surface area contributed by atoms with Crippen LogP contribution in [-0.2, 0) is 24.1 Å². The van der Waals surface area contributed by atoms with Crippen LogP contribution in [-0.4, -0.2) is 54.0 Å². The topological polar surface area (TPSA) is 49.6 Å². The Morgan fingerprint density at radius 1 is 1.04 bits per heavy atom. The van der Waals surface area contributed by atoms with Gasteiger partial charge in [-0.2, -0.15) is 0 Å². The highest BCUT2D eigenvalue weighted by Gasteiger charge is 2.29. The van der Waals surface area contributed by atoms with Gasteiger partial charge < -0.3 is 15.5 Å². The Hall–Kier alpha value is -1.39. The summed E-state index contributed by atoms with van der Waals surface area (Å²) in [5, 5.41) is 0. The molecule has 0 saturated carbocycles. The van der Waals surface area contributed by atoms with Crippen molar-refractivity contribution in [1.29, 1.82) is 0 Å². The second-order valence-corrected chi connectivity index (χ2v) is 8.27. The Morgan fingerprint density at radius 3 is 2.33 bits per heavy atom. The fraction of sp³-hybridized carbons (Fsp3) is 0.696. The number of rotatable bonds is 6. The van der Waals surface area contributed by atoms with Crippen molar-refractivity contribution in [2.24, 2.45) is 5.73 Å². The number of amides is 1. The minimum absolute atomic E-state index is 0.129. The molecule has 2 saturated heterocycles. The molecule has 0 bridgehead atoms. The summed E-state index contributed by atoms with van der Waals surface area (Å²) in [6.07, 6.45) is 8.97. The molecule has 2 heterocycles. The second kappa shape index (κ2) is 9.70. The lowest BCUT2D eigenvalue weighted by molar-refractivity contribution is -0.134. The van der Waals surface area contributed by atoms with Gasteiger partial charge in [0.15, 0.2) is 0 Å². The third-order valence-electron chi connectivity index (χ3n) is 6.49. The Kier molecular flexibility index (Phi) is 7.31. The van der Waals surface area contributed by atoms with Crippen molar-refractivity contribution >= 4 is 5.91 Å². The Balaban J connectivity index is 1.52. The molecule has 2 aliphatic heterocycles. The van der Waals surface area contributed by atoms with Crippen molar-refractivity contribution in [1.82, 2.24) is 9.80 Å². The zero-order valence-electron chi connectivity index (χ0n) is 17.3. The zero-order valence-corrected chi connectivity index (χ0v) is 17.3. The number of piperidine rings is 2. The number of benzene rings is 1. The predicted molar refractivity (Wildman–Crippen MR) is 112 cm³/mol. The predicted octanol–water partition coefficient (Wildman–Crippen LogP) is 3.16. The van der Waals surface area contributed by atoms with Gasteiger partial charge in [0.2, 0.25) is 5.91 Å². The van der Waals surface area contributed by atoms with Crippen molar-refractivity contribution in [2.75, 3.05) is 26.2 Å². The van der Waals surface area contributed by atoms with E-state index in [0.717, 1.165) is 38.8 Å². The minimum atomic E-state index is -0.422. The van der Waals surface area contributed by atoms with Crippen molar-refractivity contribution in [3.8, 4) is 0 Å². The van der Waals surface area contributed by atoms with Crippen molar-refractivity contribution in [3.63, 3.8) is 0 Å². The van der Waals surface area contributed by atoms with Crippen LogP contribution in [0.2, 0.25) is 0 Å². The molecule has 27 heavy (non-hydrogen) atoms. The molecule has 3 rings (SSSR count). The van der Waals surface area contributed by atoms with Crippen LogP contribution in [0.3, 0.4) is 0 Å². The molecule has 4 nitrogen and oxygen atoms in total. The average Bonchev–Trinajstić information content (AvgIpc) is 2.73. The third kappa shape index (κ3) is 5.11. The van der Waals surface area contributed by atoms with Crippen molar-refractivity contribution < 1.29 is 4.79 Å². The second-order valence-electron chi connectivity index (χ2n) is 8.27. The summed E-state index contributed by atoms with van der Waals surface area (Å²) < 4.78 is 0. The number of likely N-dealkylation sites (tertiary alicyclic amines) is 2. The number of carbonyl (C=O) groups is 1. The van der Waals surface area contributed by atoms with Crippen LogP contribution in [0.5, 0.6) is 0 Å². The summed E-state index contributed by atoms with van der Waals surface area (Å²) in [5.41, 5.74) is 10.3. The first-order valence-electron chi connectivity index (χ1n) is 11.0. The van der Waals surface area contributed by atoms with Crippen molar-refractivity contribution in [3.05, 3.63) is 34.9 Å². The van der Waals surface area contributed by atoms with E-state index in [-0.39, 0.29) is 5.91 Å². The van der Waals surface area contributed by atoms with Gasteiger partial charge in [0, 0.05) is 19.1 Å². The molecule has 0 spiro atoms. The smallest absolute Gasteiger partial charge is 0.239 e. The molecule has 2 fully saturated rings. The van der Waals surface area contributed by atoms with E-state index in [0.29, 0.717) is 12.5 Å². The SMILES string of the molecule is CCc1ccc(CC(N)C(=O)N2CCC(N3CCCCC3)CC2)cc1CC. The Labute approximate surface area is 165 Å². The maximum absolute atomic E-state index is 12.9. The van der Waals surface area contributed by atoms with Crippen molar-refractivity contribution in [2.45, 2.75) is 77.3 Å². The summed E-state index contributed by atoms with van der Waals surface area (Å²) >= 11 is 0. The standard InChI is InChI=1S/C23H37N3O/c1-3-19-9-8-18(16-20(19)4-2)17-22(24)23(27)26-14-10-21(11-15-26)25-12-6-5-7-13-25/h8-9,16,21-22H,3-7,10-15,17,24H2,1-2H3. The van der Waals surface area contributed by atoms with Crippen LogP contribution < -0.4 is 5.73 Å². The third-order valence-corrected chi connectivity index (χ3v) is 6.49. The first-order valence-corrected chi connectivity index (χ1v) is 11.0. The van der Waals surface area contributed by atoms with Crippen LogP contribution in [0, 0.1) is 0 Å². The maximum atomic E-state index is 12.9. The van der Waals surface area contributed by atoms with E-state index in [4.69, 9.17) is 5.73 Å². The molecule has 1 aromatic carbocycles. The molecule has 0 aromatic heterocycles. The van der Waals surface area contributed by atoms with Gasteiger partial charge in [-0.05, 0) is 74.7 Å². The highest BCUT2D eigenvalue weighted by atomic mass is 16.2. The first-order chi connectivity index (χ1) is 13.1. The summed E-state index contributed by atoms with van der Waals surface area (Å²) in [7, 11) is 0.